The zero-order chi connectivity index (χ0) is 15.4. The number of hydrogen-bond acceptors (Lipinski definition) is 0. The third kappa shape index (κ3) is 19.7. The van der Waals surface area contributed by atoms with Gasteiger partial charge in [0.05, 0.1) is 0 Å². The summed E-state index contributed by atoms with van der Waals surface area (Å²) in [4.78, 5) is 0. The molecule has 0 heterocycles. The summed E-state index contributed by atoms with van der Waals surface area (Å²) in [6.07, 6.45) is 28.3. The average Bonchev–Trinajstić information content (AvgIpc) is 2.50. The molecule has 0 nitrogen and oxygen atoms in total. The van der Waals surface area contributed by atoms with Crippen molar-refractivity contribution in [2.75, 3.05) is 0 Å². The minimum Gasteiger partial charge on any atom is -0.0885 e. The standard InChI is InChI=1S/C21H41/c1-3-5-7-9-11-13-15-17-19-21-20-18-16-14-12-10-8-6-4-2/h19,21H,1,3-18,20H2,2H3/b21-19+. The lowest BCUT2D eigenvalue weighted by Gasteiger charge is -2.00. The van der Waals surface area contributed by atoms with Crippen LogP contribution in [-0.2, 0) is 0 Å². The van der Waals surface area contributed by atoms with E-state index >= 15 is 0 Å². The van der Waals surface area contributed by atoms with Crippen LogP contribution in [-0.4, -0.2) is 0 Å². The van der Waals surface area contributed by atoms with Crippen molar-refractivity contribution in [1.29, 1.82) is 0 Å². The minimum absolute atomic E-state index is 1.11. The van der Waals surface area contributed by atoms with Crippen LogP contribution in [0.1, 0.15) is 116 Å². The quantitative estimate of drug-likeness (QED) is 0.188. The van der Waals surface area contributed by atoms with E-state index in [1.165, 1.54) is 103 Å². The van der Waals surface area contributed by atoms with E-state index in [0.717, 1.165) is 6.42 Å². The van der Waals surface area contributed by atoms with Crippen LogP contribution in [0, 0.1) is 6.92 Å². The molecule has 21 heavy (non-hydrogen) atoms. The van der Waals surface area contributed by atoms with Crippen LogP contribution in [0.25, 0.3) is 0 Å². The zero-order valence-electron chi connectivity index (χ0n) is 14.9. The molecular formula is C21H41. The molecule has 0 bridgehead atoms. The summed E-state index contributed by atoms with van der Waals surface area (Å²) in [7, 11) is 0. The normalized spacial score (nSPS) is 11.5. The van der Waals surface area contributed by atoms with Crippen molar-refractivity contribution in [3.8, 4) is 0 Å². The number of rotatable bonds is 17. The first kappa shape index (κ1) is 20.7. The Morgan fingerprint density at radius 2 is 0.905 bits per heavy atom. The second-order valence-corrected chi connectivity index (χ2v) is 6.50. The Balaban J connectivity index is 3.02. The van der Waals surface area contributed by atoms with E-state index in [9.17, 15) is 0 Å². The summed E-state index contributed by atoms with van der Waals surface area (Å²) >= 11 is 0. The van der Waals surface area contributed by atoms with Gasteiger partial charge in [-0.25, -0.2) is 0 Å². The van der Waals surface area contributed by atoms with Crippen LogP contribution < -0.4 is 0 Å². The molecule has 0 heteroatoms. The molecule has 0 aliphatic rings. The van der Waals surface area contributed by atoms with Crippen LogP contribution >= 0.6 is 0 Å². The second kappa shape index (κ2) is 19.7. The topological polar surface area (TPSA) is 0 Å². The maximum atomic E-state index is 3.89. The van der Waals surface area contributed by atoms with Crippen molar-refractivity contribution >= 4 is 0 Å². The summed E-state index contributed by atoms with van der Waals surface area (Å²) in [5.74, 6) is 0. The molecule has 125 valence electrons. The first-order chi connectivity index (χ1) is 10.4. The highest BCUT2D eigenvalue weighted by Gasteiger charge is 1.91. The SMILES string of the molecule is [CH2]CCCCCCCC/C=C/CCCCCCCCCC. The molecule has 0 saturated heterocycles. The van der Waals surface area contributed by atoms with E-state index in [-0.39, 0.29) is 0 Å². The monoisotopic (exact) mass is 293 g/mol. The fourth-order valence-electron chi connectivity index (χ4n) is 2.78. The third-order valence-electron chi connectivity index (χ3n) is 4.26. The van der Waals surface area contributed by atoms with Crippen LogP contribution in [0.5, 0.6) is 0 Å². The Kier molecular flexibility index (Phi) is 19.5. The van der Waals surface area contributed by atoms with Gasteiger partial charge in [-0.05, 0) is 25.7 Å². The number of hydrogen-bond donors (Lipinski definition) is 0. The van der Waals surface area contributed by atoms with Gasteiger partial charge in [0, 0.05) is 0 Å². The van der Waals surface area contributed by atoms with Gasteiger partial charge in [0.15, 0.2) is 0 Å². The van der Waals surface area contributed by atoms with E-state index in [1.807, 2.05) is 0 Å². The highest BCUT2D eigenvalue weighted by atomic mass is 14.0. The fraction of sp³-hybridized carbons (Fsp3) is 0.857. The number of allylic oxidation sites excluding steroid dienone is 2. The molecule has 0 aliphatic heterocycles. The predicted octanol–water partition coefficient (Wildman–Crippen LogP) is 8.03. The summed E-state index contributed by atoms with van der Waals surface area (Å²) in [5.41, 5.74) is 0. The molecule has 0 unspecified atom stereocenters. The van der Waals surface area contributed by atoms with E-state index in [1.54, 1.807) is 0 Å². The van der Waals surface area contributed by atoms with Gasteiger partial charge in [0.2, 0.25) is 0 Å². The number of unbranched alkanes of at least 4 members (excludes halogenated alkanes) is 15. The molecule has 0 aromatic rings. The first-order valence-corrected chi connectivity index (χ1v) is 9.86. The molecular weight excluding hydrogens is 252 g/mol. The molecule has 0 aromatic carbocycles. The van der Waals surface area contributed by atoms with E-state index in [4.69, 9.17) is 0 Å². The summed E-state index contributed by atoms with van der Waals surface area (Å²) < 4.78 is 0. The van der Waals surface area contributed by atoms with Gasteiger partial charge < -0.3 is 0 Å². The lowest BCUT2D eigenvalue weighted by atomic mass is 10.1. The van der Waals surface area contributed by atoms with Gasteiger partial charge >= 0.3 is 0 Å². The van der Waals surface area contributed by atoms with Gasteiger partial charge in [-0.3, -0.25) is 0 Å². The van der Waals surface area contributed by atoms with E-state index in [2.05, 4.69) is 26.0 Å². The van der Waals surface area contributed by atoms with Gasteiger partial charge in [0.25, 0.3) is 0 Å². The highest BCUT2D eigenvalue weighted by molar-refractivity contribution is 4.81. The molecule has 0 rings (SSSR count). The van der Waals surface area contributed by atoms with Crippen LogP contribution in [0.2, 0.25) is 0 Å². The lowest BCUT2D eigenvalue weighted by molar-refractivity contribution is 0.577. The molecule has 0 atom stereocenters. The third-order valence-corrected chi connectivity index (χ3v) is 4.26. The molecule has 0 spiro atoms. The van der Waals surface area contributed by atoms with Crippen molar-refractivity contribution in [1.82, 2.24) is 0 Å². The molecule has 0 saturated carbocycles. The van der Waals surface area contributed by atoms with E-state index < -0.39 is 0 Å². The van der Waals surface area contributed by atoms with Gasteiger partial charge in [-0.15, -0.1) is 0 Å². The minimum atomic E-state index is 1.11. The molecule has 0 N–H and O–H groups in total. The maximum Gasteiger partial charge on any atom is -0.0351 e. The zero-order valence-corrected chi connectivity index (χ0v) is 14.9. The van der Waals surface area contributed by atoms with Crippen molar-refractivity contribution in [2.45, 2.75) is 116 Å². The highest BCUT2D eigenvalue weighted by Crippen LogP contribution is 2.11. The average molecular weight is 294 g/mol. The Bertz CT molecular complexity index is 192. The van der Waals surface area contributed by atoms with Crippen LogP contribution in [0.4, 0.5) is 0 Å². The van der Waals surface area contributed by atoms with Crippen LogP contribution in [0.3, 0.4) is 0 Å². The van der Waals surface area contributed by atoms with Gasteiger partial charge in [0.1, 0.15) is 0 Å². The Hall–Kier alpha value is -0.260. The van der Waals surface area contributed by atoms with Crippen molar-refractivity contribution in [2.24, 2.45) is 0 Å². The first-order valence-electron chi connectivity index (χ1n) is 9.86. The lowest BCUT2D eigenvalue weighted by Crippen LogP contribution is -1.80. The summed E-state index contributed by atoms with van der Waals surface area (Å²) in [5, 5.41) is 0. The Labute approximate surface area is 135 Å². The second-order valence-electron chi connectivity index (χ2n) is 6.50. The van der Waals surface area contributed by atoms with Crippen molar-refractivity contribution in [3.63, 3.8) is 0 Å². The molecule has 1 radical (unpaired) electrons. The fourth-order valence-corrected chi connectivity index (χ4v) is 2.78. The molecule has 0 aromatic heterocycles. The predicted molar refractivity (Wildman–Crippen MR) is 98.7 cm³/mol. The maximum absolute atomic E-state index is 3.89. The van der Waals surface area contributed by atoms with E-state index in [0.29, 0.717) is 0 Å². The van der Waals surface area contributed by atoms with Gasteiger partial charge in [-0.2, -0.15) is 0 Å². The van der Waals surface area contributed by atoms with Crippen LogP contribution in [0.15, 0.2) is 12.2 Å². The Morgan fingerprint density at radius 1 is 0.524 bits per heavy atom. The molecule has 0 fully saturated rings. The van der Waals surface area contributed by atoms with Gasteiger partial charge in [-0.1, -0.05) is 109 Å². The Morgan fingerprint density at radius 3 is 1.33 bits per heavy atom. The summed E-state index contributed by atoms with van der Waals surface area (Å²) in [6, 6.07) is 0. The van der Waals surface area contributed by atoms with Crippen molar-refractivity contribution < 1.29 is 0 Å². The van der Waals surface area contributed by atoms with Crippen molar-refractivity contribution in [3.05, 3.63) is 19.1 Å². The summed E-state index contributed by atoms with van der Waals surface area (Å²) in [6.45, 7) is 6.18. The molecule has 0 aliphatic carbocycles. The largest absolute Gasteiger partial charge is 0.0885 e. The molecule has 0 amide bonds. The smallest absolute Gasteiger partial charge is 0.0351 e.